The van der Waals surface area contributed by atoms with Gasteiger partial charge in [0.25, 0.3) is 0 Å². The van der Waals surface area contributed by atoms with Crippen LogP contribution in [0.5, 0.6) is 0 Å². The lowest BCUT2D eigenvalue weighted by molar-refractivity contribution is 0.575. The first-order valence-corrected chi connectivity index (χ1v) is 3.62. The highest BCUT2D eigenvalue weighted by atomic mass is 35.5. The van der Waals surface area contributed by atoms with Crippen LogP contribution < -0.4 is 5.73 Å². The minimum Gasteiger partial charge on any atom is -0.321 e. The van der Waals surface area contributed by atoms with Gasteiger partial charge in [0.05, 0.1) is 0 Å². The van der Waals surface area contributed by atoms with E-state index in [0.29, 0.717) is 0 Å². The van der Waals surface area contributed by atoms with E-state index in [4.69, 9.17) is 5.73 Å². The van der Waals surface area contributed by atoms with E-state index in [9.17, 15) is 4.39 Å². The van der Waals surface area contributed by atoms with Crippen molar-refractivity contribution in [2.45, 2.75) is 18.4 Å². The van der Waals surface area contributed by atoms with Gasteiger partial charge >= 0.3 is 0 Å². The Morgan fingerprint density at radius 2 is 2.17 bits per heavy atom. The Labute approximate surface area is 76.4 Å². The minimum atomic E-state index is -0.445. The summed E-state index contributed by atoms with van der Waals surface area (Å²) in [5.74, 6) is -0.445. The summed E-state index contributed by atoms with van der Waals surface area (Å²) in [4.78, 5) is 3.46. The Kier molecular flexibility index (Phi) is 2.35. The van der Waals surface area contributed by atoms with Crippen LogP contribution in [0.2, 0.25) is 0 Å². The van der Waals surface area contributed by atoms with Crippen LogP contribution in [0.1, 0.15) is 18.4 Å². The molecule has 1 aromatic heterocycles. The molecule has 1 aliphatic rings. The van der Waals surface area contributed by atoms with E-state index in [1.807, 2.05) is 0 Å². The van der Waals surface area contributed by atoms with E-state index < -0.39 is 5.95 Å². The number of pyridine rings is 1. The second-order valence-electron chi connectivity index (χ2n) is 3.02. The Balaban J connectivity index is 0.000000720. The molecule has 0 aliphatic heterocycles. The van der Waals surface area contributed by atoms with Crippen molar-refractivity contribution in [2.75, 3.05) is 0 Å². The maximum Gasteiger partial charge on any atom is 0.213 e. The zero-order valence-corrected chi connectivity index (χ0v) is 7.27. The first-order chi connectivity index (χ1) is 5.21. The lowest BCUT2D eigenvalue weighted by Crippen LogP contribution is -2.18. The second-order valence-corrected chi connectivity index (χ2v) is 3.02. The fourth-order valence-electron chi connectivity index (χ4n) is 1.14. The monoisotopic (exact) mass is 188 g/mol. The van der Waals surface area contributed by atoms with Crippen LogP contribution in [0.25, 0.3) is 0 Å². The zero-order chi connectivity index (χ0) is 7.90. The second kappa shape index (κ2) is 2.99. The van der Waals surface area contributed by atoms with Crippen molar-refractivity contribution in [2.24, 2.45) is 5.73 Å². The van der Waals surface area contributed by atoms with Gasteiger partial charge in [0.15, 0.2) is 0 Å². The first kappa shape index (κ1) is 9.42. The number of rotatable bonds is 1. The predicted molar refractivity (Wildman–Crippen MR) is 46.5 cm³/mol. The average molecular weight is 189 g/mol. The van der Waals surface area contributed by atoms with Crippen molar-refractivity contribution in [3.8, 4) is 0 Å². The normalized spacial score (nSPS) is 18.2. The molecule has 4 heteroatoms. The zero-order valence-electron chi connectivity index (χ0n) is 6.46. The fraction of sp³-hybridized carbons (Fsp3) is 0.375. The smallest absolute Gasteiger partial charge is 0.213 e. The summed E-state index contributed by atoms with van der Waals surface area (Å²) in [7, 11) is 0. The number of nitrogens with two attached hydrogens (primary N) is 1. The Hall–Kier alpha value is -0.670. The number of hydrogen-bond acceptors (Lipinski definition) is 2. The Morgan fingerprint density at radius 1 is 1.50 bits per heavy atom. The van der Waals surface area contributed by atoms with Crippen molar-refractivity contribution >= 4 is 12.4 Å². The summed E-state index contributed by atoms with van der Waals surface area (Å²) in [6, 6.07) is 3.18. The molecule has 0 saturated heterocycles. The Bertz CT molecular complexity index is 286. The summed E-state index contributed by atoms with van der Waals surface area (Å²) in [5.41, 5.74) is 6.46. The molecular formula is C8H10ClFN2. The van der Waals surface area contributed by atoms with Gasteiger partial charge in [-0.05, 0) is 30.5 Å². The highest BCUT2D eigenvalue weighted by molar-refractivity contribution is 5.85. The largest absolute Gasteiger partial charge is 0.321 e. The summed E-state index contributed by atoms with van der Waals surface area (Å²) < 4.78 is 12.6. The molecule has 1 heterocycles. The van der Waals surface area contributed by atoms with Crippen molar-refractivity contribution in [1.29, 1.82) is 0 Å². The summed E-state index contributed by atoms with van der Waals surface area (Å²) in [6.45, 7) is 0. The third kappa shape index (κ3) is 1.57. The molecule has 0 aromatic carbocycles. The molecule has 1 aliphatic carbocycles. The molecule has 1 saturated carbocycles. The summed E-state index contributed by atoms with van der Waals surface area (Å²) in [6.07, 6.45) is 3.37. The molecule has 66 valence electrons. The fourth-order valence-corrected chi connectivity index (χ4v) is 1.14. The minimum absolute atomic E-state index is 0. The molecule has 0 spiro atoms. The van der Waals surface area contributed by atoms with Crippen molar-refractivity contribution in [3.05, 3.63) is 29.8 Å². The molecule has 1 aromatic rings. The lowest BCUT2D eigenvalue weighted by atomic mass is 10.1. The maximum atomic E-state index is 12.6. The van der Waals surface area contributed by atoms with Gasteiger partial charge in [0.2, 0.25) is 5.95 Å². The van der Waals surface area contributed by atoms with Crippen molar-refractivity contribution in [1.82, 2.24) is 4.98 Å². The lowest BCUT2D eigenvalue weighted by Gasteiger charge is -2.06. The number of aromatic nitrogens is 1. The van der Waals surface area contributed by atoms with Crippen LogP contribution in [-0.4, -0.2) is 4.98 Å². The van der Waals surface area contributed by atoms with Gasteiger partial charge in [0, 0.05) is 11.7 Å². The standard InChI is InChI=1S/C8H9FN2.ClH/c9-7-5-6(1-4-11-7)8(10)2-3-8;/h1,4-5H,2-3,10H2;1H. The van der Waals surface area contributed by atoms with E-state index in [0.717, 1.165) is 18.4 Å². The third-order valence-electron chi connectivity index (χ3n) is 2.09. The Morgan fingerprint density at radius 3 is 2.67 bits per heavy atom. The van der Waals surface area contributed by atoms with Gasteiger partial charge in [-0.15, -0.1) is 12.4 Å². The predicted octanol–water partition coefficient (Wildman–Crippen LogP) is 1.59. The molecule has 1 fully saturated rings. The molecule has 2 rings (SSSR count). The highest BCUT2D eigenvalue weighted by Crippen LogP contribution is 2.42. The summed E-state index contributed by atoms with van der Waals surface area (Å²) in [5, 5.41) is 0. The van der Waals surface area contributed by atoms with Crippen LogP contribution in [0.15, 0.2) is 18.3 Å². The van der Waals surface area contributed by atoms with Crippen LogP contribution in [-0.2, 0) is 5.54 Å². The molecule has 0 bridgehead atoms. The van der Waals surface area contributed by atoms with Gasteiger partial charge in [-0.25, -0.2) is 4.98 Å². The summed E-state index contributed by atoms with van der Waals surface area (Å²) >= 11 is 0. The highest BCUT2D eigenvalue weighted by Gasteiger charge is 2.40. The van der Waals surface area contributed by atoms with Crippen LogP contribution in [0.4, 0.5) is 4.39 Å². The third-order valence-corrected chi connectivity index (χ3v) is 2.09. The topological polar surface area (TPSA) is 38.9 Å². The van der Waals surface area contributed by atoms with Gasteiger partial charge in [-0.3, -0.25) is 0 Å². The van der Waals surface area contributed by atoms with Crippen LogP contribution in [0, 0.1) is 5.95 Å². The number of hydrogen-bond donors (Lipinski definition) is 1. The average Bonchev–Trinajstić information content (AvgIpc) is 2.70. The van der Waals surface area contributed by atoms with E-state index in [2.05, 4.69) is 4.98 Å². The molecule has 2 nitrogen and oxygen atoms in total. The van der Waals surface area contributed by atoms with Crippen LogP contribution in [0.3, 0.4) is 0 Å². The number of nitrogens with zero attached hydrogens (tertiary/aromatic N) is 1. The van der Waals surface area contributed by atoms with E-state index in [-0.39, 0.29) is 17.9 Å². The molecule has 0 unspecified atom stereocenters. The SMILES string of the molecule is Cl.NC1(c2ccnc(F)c2)CC1. The van der Waals surface area contributed by atoms with Crippen molar-refractivity contribution in [3.63, 3.8) is 0 Å². The van der Waals surface area contributed by atoms with Gasteiger partial charge in [0.1, 0.15) is 0 Å². The quantitative estimate of drug-likeness (QED) is 0.680. The molecule has 12 heavy (non-hydrogen) atoms. The molecule has 2 N–H and O–H groups in total. The van der Waals surface area contributed by atoms with Gasteiger partial charge in [-0.1, -0.05) is 0 Å². The number of halogens is 2. The van der Waals surface area contributed by atoms with Gasteiger partial charge in [-0.2, -0.15) is 4.39 Å². The van der Waals surface area contributed by atoms with Gasteiger partial charge < -0.3 is 5.73 Å². The molecule has 0 radical (unpaired) electrons. The van der Waals surface area contributed by atoms with E-state index in [1.165, 1.54) is 12.3 Å². The molecule has 0 atom stereocenters. The maximum absolute atomic E-state index is 12.6. The van der Waals surface area contributed by atoms with E-state index in [1.54, 1.807) is 6.07 Å². The molecular weight excluding hydrogens is 179 g/mol. The van der Waals surface area contributed by atoms with Crippen LogP contribution >= 0.6 is 12.4 Å². The van der Waals surface area contributed by atoms with E-state index >= 15 is 0 Å². The van der Waals surface area contributed by atoms with Crippen molar-refractivity contribution < 1.29 is 4.39 Å². The first-order valence-electron chi connectivity index (χ1n) is 3.62. The molecule has 0 amide bonds.